The van der Waals surface area contributed by atoms with Crippen LogP contribution < -0.4 is 10.2 Å². The SMILES string of the molecule is Cc1ccc(-c2cc(C(=O)NCc3ccc(N4CCCC4)cc3)[nH]n2)cc1. The molecule has 0 unspecified atom stereocenters. The van der Waals surface area contributed by atoms with E-state index in [1.165, 1.54) is 24.1 Å². The molecule has 1 saturated heterocycles. The van der Waals surface area contributed by atoms with Gasteiger partial charge in [-0.1, -0.05) is 42.0 Å². The molecule has 1 aliphatic rings. The molecule has 138 valence electrons. The van der Waals surface area contributed by atoms with Gasteiger partial charge in [-0.25, -0.2) is 0 Å². The van der Waals surface area contributed by atoms with E-state index in [-0.39, 0.29) is 5.91 Å². The van der Waals surface area contributed by atoms with Gasteiger partial charge in [-0.15, -0.1) is 0 Å². The van der Waals surface area contributed by atoms with Gasteiger partial charge in [0.15, 0.2) is 0 Å². The van der Waals surface area contributed by atoms with E-state index in [2.05, 4.69) is 44.7 Å². The highest BCUT2D eigenvalue weighted by Crippen LogP contribution is 2.21. The summed E-state index contributed by atoms with van der Waals surface area (Å²) in [6.45, 7) is 4.82. The number of H-pyrrole nitrogens is 1. The molecule has 5 nitrogen and oxygen atoms in total. The molecule has 0 bridgehead atoms. The largest absolute Gasteiger partial charge is 0.372 e. The molecule has 0 saturated carbocycles. The maximum absolute atomic E-state index is 12.4. The Labute approximate surface area is 159 Å². The number of carbonyl (C=O) groups is 1. The average Bonchev–Trinajstić information content (AvgIpc) is 3.39. The van der Waals surface area contributed by atoms with E-state index < -0.39 is 0 Å². The maximum Gasteiger partial charge on any atom is 0.269 e. The van der Waals surface area contributed by atoms with Crippen LogP contribution in [0.25, 0.3) is 11.3 Å². The summed E-state index contributed by atoms with van der Waals surface area (Å²) in [5, 5.41) is 10.0. The highest BCUT2D eigenvalue weighted by Gasteiger charge is 2.13. The van der Waals surface area contributed by atoms with Crippen LogP contribution in [0.2, 0.25) is 0 Å². The van der Waals surface area contributed by atoms with Crippen molar-refractivity contribution in [2.75, 3.05) is 18.0 Å². The minimum absolute atomic E-state index is 0.149. The molecule has 3 aromatic rings. The lowest BCUT2D eigenvalue weighted by Crippen LogP contribution is -2.23. The van der Waals surface area contributed by atoms with Crippen LogP contribution in [0.4, 0.5) is 5.69 Å². The Morgan fingerprint density at radius 2 is 1.78 bits per heavy atom. The van der Waals surface area contributed by atoms with E-state index in [1.54, 1.807) is 6.07 Å². The zero-order valence-electron chi connectivity index (χ0n) is 15.5. The standard InChI is InChI=1S/C22H24N4O/c1-16-4-8-18(9-5-16)20-14-21(25-24-20)22(27)23-15-17-6-10-19(11-7-17)26-12-2-3-13-26/h4-11,14H,2-3,12-13,15H2,1H3,(H,23,27)(H,24,25). The van der Waals surface area contributed by atoms with Gasteiger partial charge in [0, 0.05) is 30.9 Å². The lowest BCUT2D eigenvalue weighted by atomic mass is 10.1. The number of rotatable bonds is 5. The molecular formula is C22H24N4O. The number of aromatic amines is 1. The summed E-state index contributed by atoms with van der Waals surface area (Å²) in [5.74, 6) is -0.149. The molecule has 0 atom stereocenters. The summed E-state index contributed by atoms with van der Waals surface area (Å²) in [4.78, 5) is 14.8. The fourth-order valence-corrected chi connectivity index (χ4v) is 3.39. The Bertz CT molecular complexity index is 906. The first-order chi connectivity index (χ1) is 13.2. The molecule has 1 fully saturated rings. The lowest BCUT2D eigenvalue weighted by molar-refractivity contribution is 0.0946. The predicted octanol–water partition coefficient (Wildman–Crippen LogP) is 3.92. The zero-order valence-corrected chi connectivity index (χ0v) is 15.5. The van der Waals surface area contributed by atoms with Crippen LogP contribution in [0.5, 0.6) is 0 Å². The number of hydrogen-bond donors (Lipinski definition) is 2. The number of nitrogens with zero attached hydrogens (tertiary/aromatic N) is 2. The topological polar surface area (TPSA) is 61.0 Å². The third-order valence-electron chi connectivity index (χ3n) is 5.03. The van der Waals surface area contributed by atoms with Gasteiger partial charge in [-0.05, 0) is 43.5 Å². The van der Waals surface area contributed by atoms with Crippen molar-refractivity contribution >= 4 is 11.6 Å². The first-order valence-electron chi connectivity index (χ1n) is 9.43. The first kappa shape index (κ1) is 17.3. The Kier molecular flexibility index (Phi) is 4.92. The van der Waals surface area contributed by atoms with Crippen LogP contribution >= 0.6 is 0 Å². The lowest BCUT2D eigenvalue weighted by Gasteiger charge is -2.17. The van der Waals surface area contributed by atoms with E-state index in [1.807, 2.05) is 31.2 Å². The molecule has 0 spiro atoms. The van der Waals surface area contributed by atoms with Crippen molar-refractivity contribution in [3.8, 4) is 11.3 Å². The van der Waals surface area contributed by atoms with Gasteiger partial charge in [0.05, 0.1) is 5.69 Å². The molecule has 1 aliphatic heterocycles. The number of aryl methyl sites for hydroxylation is 1. The maximum atomic E-state index is 12.4. The Balaban J connectivity index is 1.36. The number of anilines is 1. The van der Waals surface area contributed by atoms with Crippen LogP contribution in [0.1, 0.15) is 34.5 Å². The number of aromatic nitrogens is 2. The van der Waals surface area contributed by atoms with Crippen molar-refractivity contribution in [1.82, 2.24) is 15.5 Å². The van der Waals surface area contributed by atoms with E-state index in [0.29, 0.717) is 12.2 Å². The fourth-order valence-electron chi connectivity index (χ4n) is 3.39. The van der Waals surface area contributed by atoms with Crippen molar-refractivity contribution in [3.63, 3.8) is 0 Å². The second kappa shape index (κ2) is 7.66. The number of hydrogen-bond acceptors (Lipinski definition) is 3. The second-order valence-electron chi connectivity index (χ2n) is 7.08. The van der Waals surface area contributed by atoms with Crippen LogP contribution in [0.3, 0.4) is 0 Å². The highest BCUT2D eigenvalue weighted by molar-refractivity contribution is 5.93. The van der Waals surface area contributed by atoms with Crippen molar-refractivity contribution in [2.24, 2.45) is 0 Å². The fraction of sp³-hybridized carbons (Fsp3) is 0.273. The minimum Gasteiger partial charge on any atom is -0.372 e. The summed E-state index contributed by atoms with van der Waals surface area (Å²) in [6.07, 6.45) is 2.54. The molecule has 0 aliphatic carbocycles. The van der Waals surface area contributed by atoms with E-state index in [0.717, 1.165) is 29.9 Å². The first-order valence-corrected chi connectivity index (χ1v) is 9.43. The van der Waals surface area contributed by atoms with Crippen molar-refractivity contribution < 1.29 is 4.79 Å². The van der Waals surface area contributed by atoms with Gasteiger partial charge in [-0.2, -0.15) is 5.10 Å². The molecule has 2 heterocycles. The molecule has 5 heteroatoms. The summed E-state index contributed by atoms with van der Waals surface area (Å²) < 4.78 is 0. The van der Waals surface area contributed by atoms with Gasteiger partial charge in [0.1, 0.15) is 5.69 Å². The molecule has 0 radical (unpaired) electrons. The highest BCUT2D eigenvalue weighted by atomic mass is 16.1. The number of nitrogens with one attached hydrogen (secondary N) is 2. The average molecular weight is 360 g/mol. The Hall–Kier alpha value is -3.08. The minimum atomic E-state index is -0.149. The van der Waals surface area contributed by atoms with Crippen LogP contribution in [-0.2, 0) is 6.54 Å². The van der Waals surface area contributed by atoms with Crippen molar-refractivity contribution in [2.45, 2.75) is 26.3 Å². The molecular weight excluding hydrogens is 336 g/mol. The van der Waals surface area contributed by atoms with Crippen molar-refractivity contribution in [1.29, 1.82) is 0 Å². The third-order valence-corrected chi connectivity index (χ3v) is 5.03. The summed E-state index contributed by atoms with van der Waals surface area (Å²) in [6, 6.07) is 18.3. The molecule has 2 aromatic carbocycles. The molecule has 4 rings (SSSR count). The van der Waals surface area contributed by atoms with Gasteiger partial charge >= 0.3 is 0 Å². The summed E-state index contributed by atoms with van der Waals surface area (Å²) in [7, 11) is 0. The monoisotopic (exact) mass is 360 g/mol. The zero-order chi connectivity index (χ0) is 18.6. The normalized spacial score (nSPS) is 13.7. The third kappa shape index (κ3) is 4.03. The van der Waals surface area contributed by atoms with Gasteiger partial charge in [0.2, 0.25) is 0 Å². The smallest absolute Gasteiger partial charge is 0.269 e. The number of amides is 1. The van der Waals surface area contributed by atoms with E-state index >= 15 is 0 Å². The predicted molar refractivity (Wildman–Crippen MR) is 108 cm³/mol. The van der Waals surface area contributed by atoms with E-state index in [9.17, 15) is 4.79 Å². The van der Waals surface area contributed by atoms with Gasteiger partial charge in [0.25, 0.3) is 5.91 Å². The summed E-state index contributed by atoms with van der Waals surface area (Å²) in [5.41, 5.74) is 5.79. The van der Waals surface area contributed by atoms with Crippen LogP contribution in [-0.4, -0.2) is 29.2 Å². The van der Waals surface area contributed by atoms with Crippen molar-refractivity contribution in [3.05, 3.63) is 71.4 Å². The molecule has 1 amide bonds. The Morgan fingerprint density at radius 3 is 2.48 bits per heavy atom. The van der Waals surface area contributed by atoms with Gasteiger partial charge in [-0.3, -0.25) is 9.89 Å². The second-order valence-corrected chi connectivity index (χ2v) is 7.08. The number of benzene rings is 2. The number of carbonyl (C=O) groups excluding carboxylic acids is 1. The van der Waals surface area contributed by atoms with Gasteiger partial charge < -0.3 is 10.2 Å². The summed E-state index contributed by atoms with van der Waals surface area (Å²) >= 11 is 0. The molecule has 27 heavy (non-hydrogen) atoms. The quantitative estimate of drug-likeness (QED) is 0.725. The van der Waals surface area contributed by atoms with Crippen LogP contribution in [0.15, 0.2) is 54.6 Å². The molecule has 1 aromatic heterocycles. The molecule has 2 N–H and O–H groups in total. The van der Waals surface area contributed by atoms with Crippen LogP contribution in [0, 0.1) is 6.92 Å². The van der Waals surface area contributed by atoms with E-state index in [4.69, 9.17) is 0 Å². The Morgan fingerprint density at radius 1 is 1.07 bits per heavy atom.